The lowest BCUT2D eigenvalue weighted by Crippen LogP contribution is -2.07. The van der Waals surface area contributed by atoms with E-state index in [-0.39, 0.29) is 10.6 Å². The standard InChI is InChI=1S/C14H11Br3N2O2/c15-10-7-11(16)14(12(17)8-10)18-6-5-9-3-1-2-4-13(9)19(20)21/h1-4,7-8,18H,5-6H2. The molecule has 21 heavy (non-hydrogen) atoms. The lowest BCUT2D eigenvalue weighted by molar-refractivity contribution is -0.385. The fourth-order valence-electron chi connectivity index (χ4n) is 1.93. The van der Waals surface area contributed by atoms with E-state index in [9.17, 15) is 10.1 Å². The molecule has 0 atom stereocenters. The molecule has 0 heterocycles. The lowest BCUT2D eigenvalue weighted by atomic mass is 10.1. The Morgan fingerprint density at radius 3 is 2.33 bits per heavy atom. The monoisotopic (exact) mass is 476 g/mol. The van der Waals surface area contributed by atoms with Gasteiger partial charge in [-0.2, -0.15) is 0 Å². The molecule has 0 amide bonds. The van der Waals surface area contributed by atoms with E-state index in [1.54, 1.807) is 12.1 Å². The highest BCUT2D eigenvalue weighted by molar-refractivity contribution is 9.11. The van der Waals surface area contributed by atoms with E-state index in [0.29, 0.717) is 13.0 Å². The second-order valence-corrected chi connectivity index (χ2v) is 6.93. The van der Waals surface area contributed by atoms with Gasteiger partial charge in [0.15, 0.2) is 0 Å². The fraction of sp³-hybridized carbons (Fsp3) is 0.143. The van der Waals surface area contributed by atoms with E-state index in [4.69, 9.17) is 0 Å². The highest BCUT2D eigenvalue weighted by Crippen LogP contribution is 2.34. The maximum absolute atomic E-state index is 11.0. The van der Waals surface area contributed by atoms with E-state index >= 15 is 0 Å². The van der Waals surface area contributed by atoms with Gasteiger partial charge in [-0.05, 0) is 50.4 Å². The van der Waals surface area contributed by atoms with Crippen LogP contribution in [0.4, 0.5) is 11.4 Å². The van der Waals surface area contributed by atoms with Crippen LogP contribution in [-0.2, 0) is 6.42 Å². The van der Waals surface area contributed by atoms with Gasteiger partial charge in [-0.25, -0.2) is 0 Å². The number of para-hydroxylation sites is 1. The number of rotatable bonds is 5. The predicted molar refractivity (Wildman–Crippen MR) is 94.8 cm³/mol. The van der Waals surface area contributed by atoms with E-state index in [1.807, 2.05) is 18.2 Å². The molecule has 7 heteroatoms. The van der Waals surface area contributed by atoms with Crippen molar-refractivity contribution in [3.05, 3.63) is 65.5 Å². The first-order chi connectivity index (χ1) is 9.99. The molecule has 2 aromatic rings. The molecule has 0 aromatic heterocycles. The molecule has 0 aliphatic rings. The maximum atomic E-state index is 11.0. The minimum absolute atomic E-state index is 0.160. The largest absolute Gasteiger partial charge is 0.383 e. The summed E-state index contributed by atoms with van der Waals surface area (Å²) in [6, 6.07) is 10.7. The molecular formula is C14H11Br3N2O2. The number of nitro benzene ring substituents is 1. The Hall–Kier alpha value is -0.920. The van der Waals surface area contributed by atoms with Crippen LogP contribution in [0, 0.1) is 10.1 Å². The number of anilines is 1. The second kappa shape index (κ2) is 7.38. The molecule has 0 aliphatic carbocycles. The van der Waals surface area contributed by atoms with Gasteiger partial charge in [0.25, 0.3) is 5.69 Å². The summed E-state index contributed by atoms with van der Waals surface area (Å²) in [4.78, 5) is 10.6. The molecule has 2 rings (SSSR count). The second-order valence-electron chi connectivity index (χ2n) is 4.31. The van der Waals surface area contributed by atoms with Crippen LogP contribution in [0.1, 0.15) is 5.56 Å². The van der Waals surface area contributed by atoms with E-state index < -0.39 is 0 Å². The average molecular weight is 479 g/mol. The van der Waals surface area contributed by atoms with Crippen molar-refractivity contribution in [3.8, 4) is 0 Å². The Bertz CT molecular complexity index is 654. The van der Waals surface area contributed by atoms with Crippen molar-refractivity contribution in [1.82, 2.24) is 0 Å². The third-order valence-corrected chi connectivity index (χ3v) is 4.60. The van der Waals surface area contributed by atoms with Gasteiger partial charge in [0.2, 0.25) is 0 Å². The molecule has 2 aromatic carbocycles. The molecule has 0 saturated carbocycles. The molecule has 4 nitrogen and oxygen atoms in total. The van der Waals surface area contributed by atoms with Gasteiger partial charge in [0, 0.05) is 31.6 Å². The maximum Gasteiger partial charge on any atom is 0.272 e. The number of halogens is 3. The number of hydrogen-bond acceptors (Lipinski definition) is 3. The SMILES string of the molecule is O=[N+]([O-])c1ccccc1CCNc1c(Br)cc(Br)cc1Br. The van der Waals surface area contributed by atoms with E-state index in [1.165, 1.54) is 6.07 Å². The summed E-state index contributed by atoms with van der Waals surface area (Å²) in [7, 11) is 0. The summed E-state index contributed by atoms with van der Waals surface area (Å²) in [6.45, 7) is 0.601. The van der Waals surface area contributed by atoms with Gasteiger partial charge in [-0.3, -0.25) is 10.1 Å². The smallest absolute Gasteiger partial charge is 0.272 e. The van der Waals surface area contributed by atoms with E-state index in [2.05, 4.69) is 53.1 Å². The first-order valence-corrected chi connectivity index (χ1v) is 8.47. The molecule has 0 radical (unpaired) electrons. The number of nitrogens with one attached hydrogen (secondary N) is 1. The van der Waals surface area contributed by atoms with Crippen LogP contribution in [0.3, 0.4) is 0 Å². The van der Waals surface area contributed by atoms with Gasteiger partial charge in [0.1, 0.15) is 0 Å². The van der Waals surface area contributed by atoms with Gasteiger partial charge in [0.05, 0.1) is 10.6 Å². The van der Waals surface area contributed by atoms with Gasteiger partial charge < -0.3 is 5.32 Å². The molecule has 110 valence electrons. The topological polar surface area (TPSA) is 55.2 Å². The summed E-state index contributed by atoms with van der Waals surface area (Å²) in [5, 5.41) is 14.3. The van der Waals surface area contributed by atoms with Crippen LogP contribution in [0.2, 0.25) is 0 Å². The Labute approximate surface area is 147 Å². The summed E-state index contributed by atoms with van der Waals surface area (Å²) in [5.74, 6) is 0. The number of benzene rings is 2. The van der Waals surface area contributed by atoms with Crippen molar-refractivity contribution in [2.24, 2.45) is 0 Å². The van der Waals surface area contributed by atoms with Crippen LogP contribution in [0.25, 0.3) is 0 Å². The lowest BCUT2D eigenvalue weighted by Gasteiger charge is -2.11. The average Bonchev–Trinajstić information content (AvgIpc) is 2.42. The Morgan fingerprint density at radius 1 is 1.10 bits per heavy atom. The first-order valence-electron chi connectivity index (χ1n) is 6.09. The minimum atomic E-state index is -0.346. The van der Waals surface area contributed by atoms with Crippen molar-refractivity contribution >= 4 is 59.2 Å². The fourth-order valence-corrected chi connectivity index (χ4v) is 4.47. The number of nitro groups is 1. The third-order valence-electron chi connectivity index (χ3n) is 2.89. The minimum Gasteiger partial charge on any atom is -0.383 e. The molecule has 0 unspecified atom stereocenters. The summed E-state index contributed by atoms with van der Waals surface area (Å²) >= 11 is 10.4. The summed E-state index contributed by atoms with van der Waals surface area (Å²) in [5.41, 5.74) is 1.81. The molecule has 0 bridgehead atoms. The van der Waals surface area contributed by atoms with Crippen LogP contribution in [0.15, 0.2) is 49.8 Å². The number of nitrogens with zero attached hydrogens (tertiary/aromatic N) is 1. The van der Waals surface area contributed by atoms with Crippen LogP contribution in [0.5, 0.6) is 0 Å². The third kappa shape index (κ3) is 4.28. The molecule has 0 saturated heterocycles. The van der Waals surface area contributed by atoms with Gasteiger partial charge in [-0.1, -0.05) is 34.1 Å². The zero-order valence-corrected chi connectivity index (χ0v) is 15.5. The first kappa shape index (κ1) is 16.5. The predicted octanol–water partition coefficient (Wildman–Crippen LogP) is 5.54. The normalized spacial score (nSPS) is 10.4. The molecule has 0 aliphatic heterocycles. The van der Waals surface area contributed by atoms with Crippen molar-refractivity contribution in [3.63, 3.8) is 0 Å². The Morgan fingerprint density at radius 2 is 1.71 bits per heavy atom. The Balaban J connectivity index is 2.08. The van der Waals surface area contributed by atoms with Crippen LogP contribution < -0.4 is 5.32 Å². The van der Waals surface area contributed by atoms with E-state index in [0.717, 1.165) is 24.7 Å². The number of hydrogen-bond donors (Lipinski definition) is 1. The quantitative estimate of drug-likeness (QED) is 0.453. The molecular weight excluding hydrogens is 468 g/mol. The highest BCUT2D eigenvalue weighted by Gasteiger charge is 2.12. The molecule has 1 N–H and O–H groups in total. The van der Waals surface area contributed by atoms with Crippen LogP contribution >= 0.6 is 47.8 Å². The highest BCUT2D eigenvalue weighted by atomic mass is 79.9. The van der Waals surface area contributed by atoms with Crippen molar-refractivity contribution < 1.29 is 4.92 Å². The van der Waals surface area contributed by atoms with Crippen molar-refractivity contribution in [2.45, 2.75) is 6.42 Å². The van der Waals surface area contributed by atoms with Gasteiger partial charge in [-0.15, -0.1) is 0 Å². The molecule has 0 spiro atoms. The molecule has 0 fully saturated rings. The Kier molecular flexibility index (Phi) is 5.78. The van der Waals surface area contributed by atoms with Crippen molar-refractivity contribution in [2.75, 3.05) is 11.9 Å². The zero-order chi connectivity index (χ0) is 15.4. The summed E-state index contributed by atoms with van der Waals surface area (Å²) < 4.78 is 2.81. The zero-order valence-electron chi connectivity index (χ0n) is 10.8. The van der Waals surface area contributed by atoms with Crippen molar-refractivity contribution in [1.29, 1.82) is 0 Å². The van der Waals surface area contributed by atoms with Gasteiger partial charge >= 0.3 is 0 Å². The van der Waals surface area contributed by atoms with Crippen LogP contribution in [-0.4, -0.2) is 11.5 Å². The summed E-state index contributed by atoms with van der Waals surface area (Å²) in [6.07, 6.45) is 0.575.